The lowest BCUT2D eigenvalue weighted by Crippen LogP contribution is -2.02. The van der Waals surface area contributed by atoms with Crippen LogP contribution in [-0.2, 0) is 0 Å². The van der Waals surface area contributed by atoms with Gasteiger partial charge in [-0.3, -0.25) is 11.7 Å². The van der Waals surface area contributed by atoms with E-state index in [2.05, 4.69) is 24.3 Å². The number of hydrogen-bond acceptors (Lipinski definition) is 3. The van der Waals surface area contributed by atoms with Gasteiger partial charge in [0.25, 0.3) is 0 Å². The molecule has 0 bridgehead atoms. The Morgan fingerprint density at radius 3 is 1.60 bits per heavy atom. The van der Waals surface area contributed by atoms with Crippen molar-refractivity contribution in [1.29, 1.82) is 0 Å². The van der Waals surface area contributed by atoms with Crippen molar-refractivity contribution in [3.8, 4) is 0 Å². The lowest BCUT2D eigenvalue weighted by molar-refractivity contribution is 1.26. The van der Waals surface area contributed by atoms with E-state index in [0.29, 0.717) is 0 Å². The van der Waals surface area contributed by atoms with E-state index in [-0.39, 0.29) is 0 Å². The second kappa shape index (κ2) is 28.3. The Bertz CT molecular complexity index is 7.61. The van der Waals surface area contributed by atoms with Gasteiger partial charge in [-0.1, -0.05) is 6.92 Å². The summed E-state index contributed by atoms with van der Waals surface area (Å²) in [6.07, 6.45) is 0. The van der Waals surface area contributed by atoms with Gasteiger partial charge in [-0.15, -0.1) is 0 Å². The molecule has 0 amide bonds. The van der Waals surface area contributed by atoms with Crippen LogP contribution >= 0.6 is 12.6 Å². The number of nitrogens with two attached hydrogens (primary N) is 2. The zero-order valence-electron chi connectivity index (χ0n) is 3.31. The van der Waals surface area contributed by atoms with Gasteiger partial charge in [-0.05, 0) is 5.75 Å². The SMILES string of the molecule is CCS.NN. The van der Waals surface area contributed by atoms with Crippen LogP contribution in [0.15, 0.2) is 0 Å². The number of hydrazine groups is 1. The van der Waals surface area contributed by atoms with Gasteiger partial charge in [-0.25, -0.2) is 0 Å². The summed E-state index contributed by atoms with van der Waals surface area (Å²) >= 11 is 3.79. The molecule has 0 aromatic carbocycles. The van der Waals surface area contributed by atoms with Gasteiger partial charge in [0.05, 0.1) is 0 Å². The number of thiol groups is 1. The van der Waals surface area contributed by atoms with Crippen molar-refractivity contribution in [2.24, 2.45) is 11.7 Å². The third kappa shape index (κ3) is 302. The van der Waals surface area contributed by atoms with Gasteiger partial charge in [0, 0.05) is 0 Å². The first-order valence-electron chi connectivity index (χ1n) is 1.36. The van der Waals surface area contributed by atoms with Gasteiger partial charge in [0.15, 0.2) is 0 Å². The standard InChI is InChI=1S/C2H6S.H4N2/c1-2-3;1-2/h3H,2H2,1H3;1-2H2. The van der Waals surface area contributed by atoms with Crippen molar-refractivity contribution >= 4 is 12.6 Å². The molecule has 0 aliphatic carbocycles. The van der Waals surface area contributed by atoms with Gasteiger partial charge < -0.3 is 0 Å². The van der Waals surface area contributed by atoms with E-state index < -0.39 is 0 Å². The summed E-state index contributed by atoms with van der Waals surface area (Å²) in [5.41, 5.74) is 0. The Kier molecular flexibility index (Phi) is 50.9. The van der Waals surface area contributed by atoms with E-state index in [1.54, 1.807) is 0 Å². The van der Waals surface area contributed by atoms with E-state index in [9.17, 15) is 0 Å². The molecular formula is C2H10N2S. The molecule has 0 atom stereocenters. The first-order chi connectivity index (χ1) is 2.41. The molecule has 0 aliphatic heterocycles. The first kappa shape index (κ1) is 8.99. The maximum absolute atomic E-state index is 4.00. The molecule has 0 radical (unpaired) electrons. The predicted molar refractivity (Wildman–Crippen MR) is 27.9 cm³/mol. The summed E-state index contributed by atoms with van der Waals surface area (Å²) in [6, 6.07) is 0. The lowest BCUT2D eigenvalue weighted by Gasteiger charge is -1.48. The van der Waals surface area contributed by atoms with Crippen molar-refractivity contribution in [3.63, 3.8) is 0 Å². The average Bonchev–Trinajstić information content (AvgIpc) is 1.46. The van der Waals surface area contributed by atoms with E-state index in [4.69, 9.17) is 0 Å². The van der Waals surface area contributed by atoms with E-state index >= 15 is 0 Å². The molecule has 3 heteroatoms. The van der Waals surface area contributed by atoms with Gasteiger partial charge in [0.1, 0.15) is 0 Å². The third-order valence-corrected chi connectivity index (χ3v) is 0. The Morgan fingerprint density at radius 2 is 1.60 bits per heavy atom. The fraction of sp³-hybridized carbons (Fsp3) is 1.00. The molecule has 5 heavy (non-hydrogen) atoms. The topological polar surface area (TPSA) is 52.0 Å². The van der Waals surface area contributed by atoms with Crippen molar-refractivity contribution in [2.45, 2.75) is 6.92 Å². The highest BCUT2D eigenvalue weighted by atomic mass is 32.1. The van der Waals surface area contributed by atoms with Crippen LogP contribution in [0.25, 0.3) is 0 Å². The summed E-state index contributed by atoms with van der Waals surface area (Å²) < 4.78 is 0. The first-order valence-corrected chi connectivity index (χ1v) is 1.99. The Hall–Kier alpha value is 0.270. The van der Waals surface area contributed by atoms with Gasteiger partial charge in [-0.2, -0.15) is 12.6 Å². The summed E-state index contributed by atoms with van der Waals surface area (Å²) in [4.78, 5) is 0. The minimum atomic E-state index is 0.944. The zero-order valence-corrected chi connectivity index (χ0v) is 4.20. The van der Waals surface area contributed by atoms with E-state index in [1.165, 1.54) is 0 Å². The van der Waals surface area contributed by atoms with Gasteiger partial charge in [0.2, 0.25) is 0 Å². The molecule has 0 spiro atoms. The highest BCUT2D eigenvalue weighted by molar-refractivity contribution is 7.80. The highest BCUT2D eigenvalue weighted by Gasteiger charge is 1.35. The van der Waals surface area contributed by atoms with Crippen LogP contribution in [-0.4, -0.2) is 5.75 Å². The molecule has 0 aromatic heterocycles. The Balaban J connectivity index is 0. The van der Waals surface area contributed by atoms with Crippen molar-refractivity contribution in [1.82, 2.24) is 0 Å². The minimum Gasteiger partial charge on any atom is -0.274 e. The van der Waals surface area contributed by atoms with Crippen molar-refractivity contribution < 1.29 is 0 Å². The second-order valence-corrected chi connectivity index (χ2v) is 0.949. The van der Waals surface area contributed by atoms with E-state index in [1.807, 2.05) is 6.92 Å². The molecule has 0 heterocycles. The zero-order chi connectivity index (χ0) is 4.71. The average molecular weight is 94.2 g/mol. The van der Waals surface area contributed by atoms with Crippen LogP contribution < -0.4 is 11.7 Å². The van der Waals surface area contributed by atoms with E-state index in [0.717, 1.165) is 5.75 Å². The summed E-state index contributed by atoms with van der Waals surface area (Å²) in [7, 11) is 0. The normalized spacial score (nSPS) is 4.80. The molecule has 2 nitrogen and oxygen atoms in total. The second-order valence-electron chi connectivity index (χ2n) is 0.316. The number of rotatable bonds is 0. The van der Waals surface area contributed by atoms with Crippen molar-refractivity contribution in [3.05, 3.63) is 0 Å². The van der Waals surface area contributed by atoms with Crippen LogP contribution in [0.1, 0.15) is 6.92 Å². The fourth-order valence-corrected chi connectivity index (χ4v) is 0. The molecule has 0 rings (SSSR count). The van der Waals surface area contributed by atoms with Crippen LogP contribution in [0.4, 0.5) is 0 Å². The molecule has 0 saturated heterocycles. The van der Waals surface area contributed by atoms with Crippen molar-refractivity contribution in [2.75, 3.05) is 5.75 Å². The lowest BCUT2D eigenvalue weighted by atomic mass is 11.0. The monoisotopic (exact) mass is 94.1 g/mol. The Labute approximate surface area is 37.9 Å². The summed E-state index contributed by atoms with van der Waals surface area (Å²) in [5, 5.41) is 0. The minimum absolute atomic E-state index is 0.944. The molecule has 0 unspecified atom stereocenters. The smallest absolute Gasteiger partial charge is 0.0126 e. The van der Waals surface area contributed by atoms with Crippen LogP contribution in [0.2, 0.25) is 0 Å². The highest BCUT2D eigenvalue weighted by Crippen LogP contribution is 1.58. The molecule has 0 aromatic rings. The molecular weight excluding hydrogens is 84.1 g/mol. The molecule has 0 saturated carbocycles. The van der Waals surface area contributed by atoms with Crippen LogP contribution in [0.5, 0.6) is 0 Å². The third-order valence-electron chi connectivity index (χ3n) is 0. The van der Waals surface area contributed by atoms with Gasteiger partial charge >= 0.3 is 0 Å². The molecule has 0 fully saturated rings. The molecule has 4 N–H and O–H groups in total. The number of hydrogen-bond donors (Lipinski definition) is 3. The Morgan fingerprint density at radius 1 is 1.60 bits per heavy atom. The largest absolute Gasteiger partial charge is 0.274 e. The predicted octanol–water partition coefficient (Wildman–Crippen LogP) is -0.245. The quantitative estimate of drug-likeness (QED) is 0.220. The molecule has 0 aliphatic rings. The fourth-order valence-electron chi connectivity index (χ4n) is 0. The molecule has 34 valence electrons. The summed E-state index contributed by atoms with van der Waals surface area (Å²) in [5.74, 6) is 8.94. The van der Waals surface area contributed by atoms with Crippen LogP contribution in [0, 0.1) is 0 Å². The summed E-state index contributed by atoms with van der Waals surface area (Å²) in [6.45, 7) is 1.99. The maximum atomic E-state index is 4.00. The maximum Gasteiger partial charge on any atom is -0.0126 e. The van der Waals surface area contributed by atoms with Crippen LogP contribution in [0.3, 0.4) is 0 Å².